The monoisotopic (exact) mass is 254 g/mol. The summed E-state index contributed by atoms with van der Waals surface area (Å²) in [5.41, 5.74) is 1.25. The van der Waals surface area contributed by atoms with Crippen LogP contribution in [-0.4, -0.2) is 29.2 Å². The van der Waals surface area contributed by atoms with Crippen LogP contribution in [-0.2, 0) is 11.2 Å². The second-order valence-electron chi connectivity index (χ2n) is 3.88. The summed E-state index contributed by atoms with van der Waals surface area (Å²) in [5.74, 6) is 1.08. The van der Waals surface area contributed by atoms with Gasteiger partial charge in [0.25, 0.3) is 0 Å². The Hall–Kier alpha value is -1.16. The zero-order chi connectivity index (χ0) is 12.7. The average molecular weight is 254 g/mol. The maximum atomic E-state index is 10.5. The molecule has 3 nitrogen and oxygen atoms in total. The highest BCUT2D eigenvalue weighted by Crippen LogP contribution is 2.17. The summed E-state index contributed by atoms with van der Waals surface area (Å²) >= 11 is 1.70. The number of carbonyl (C=O) groups is 1. The molecule has 0 aliphatic rings. The van der Waals surface area contributed by atoms with Crippen LogP contribution in [0.4, 0.5) is 0 Å². The van der Waals surface area contributed by atoms with Crippen molar-refractivity contribution in [1.29, 1.82) is 0 Å². The van der Waals surface area contributed by atoms with Crippen LogP contribution in [0, 0.1) is 0 Å². The van der Waals surface area contributed by atoms with Crippen molar-refractivity contribution in [3.63, 3.8) is 0 Å². The minimum Gasteiger partial charge on any atom is -0.497 e. The van der Waals surface area contributed by atoms with E-state index in [9.17, 15) is 4.79 Å². The molecular weight excluding hydrogens is 236 g/mol. The lowest BCUT2D eigenvalue weighted by molar-refractivity contribution is -0.136. The van der Waals surface area contributed by atoms with Gasteiger partial charge in [0.05, 0.1) is 13.5 Å². The van der Waals surface area contributed by atoms with Crippen molar-refractivity contribution >= 4 is 17.7 Å². The van der Waals surface area contributed by atoms with Crippen LogP contribution in [0.5, 0.6) is 5.75 Å². The number of thioether (sulfide) groups is 1. The van der Waals surface area contributed by atoms with E-state index in [1.54, 1.807) is 18.9 Å². The normalized spacial score (nSPS) is 12.1. The highest BCUT2D eigenvalue weighted by atomic mass is 32.2. The van der Waals surface area contributed by atoms with Crippen molar-refractivity contribution in [2.45, 2.75) is 25.0 Å². The average Bonchev–Trinajstić information content (AvgIpc) is 2.29. The molecule has 1 aromatic carbocycles. The molecule has 1 N–H and O–H groups in total. The van der Waals surface area contributed by atoms with Crippen molar-refractivity contribution in [1.82, 2.24) is 0 Å². The molecule has 4 heteroatoms. The summed E-state index contributed by atoms with van der Waals surface area (Å²) in [6.45, 7) is 1.95. The molecule has 1 atom stereocenters. The van der Waals surface area contributed by atoms with Crippen LogP contribution < -0.4 is 4.74 Å². The molecule has 0 amide bonds. The largest absolute Gasteiger partial charge is 0.497 e. The van der Waals surface area contributed by atoms with Gasteiger partial charge in [0.1, 0.15) is 5.75 Å². The van der Waals surface area contributed by atoms with E-state index in [0.29, 0.717) is 0 Å². The number of hydrogen-bond acceptors (Lipinski definition) is 3. The summed E-state index contributed by atoms with van der Waals surface area (Å²) in [6, 6.07) is 7.98. The fourth-order valence-corrected chi connectivity index (χ4v) is 2.49. The van der Waals surface area contributed by atoms with Gasteiger partial charge in [0.15, 0.2) is 0 Å². The number of hydrogen-bond donors (Lipinski definition) is 1. The molecule has 0 bridgehead atoms. The second kappa shape index (κ2) is 7.22. The zero-order valence-corrected chi connectivity index (χ0v) is 11.0. The quantitative estimate of drug-likeness (QED) is 0.812. The lowest BCUT2D eigenvalue weighted by Crippen LogP contribution is -2.06. The Kier molecular flexibility index (Phi) is 5.91. The molecule has 0 spiro atoms. The van der Waals surface area contributed by atoms with E-state index in [1.165, 1.54) is 5.56 Å². The van der Waals surface area contributed by atoms with E-state index >= 15 is 0 Å². The highest BCUT2D eigenvalue weighted by molar-refractivity contribution is 7.99. The Morgan fingerprint density at radius 2 is 2.06 bits per heavy atom. The molecule has 1 aromatic rings. The van der Waals surface area contributed by atoms with Crippen LogP contribution >= 0.6 is 11.8 Å². The van der Waals surface area contributed by atoms with E-state index in [0.717, 1.165) is 17.9 Å². The highest BCUT2D eigenvalue weighted by Gasteiger charge is 2.07. The third kappa shape index (κ3) is 5.63. The van der Waals surface area contributed by atoms with Gasteiger partial charge in [-0.1, -0.05) is 19.1 Å². The third-order valence-corrected chi connectivity index (χ3v) is 3.59. The number of aliphatic carboxylic acids is 1. The van der Waals surface area contributed by atoms with Crippen LogP contribution in [0.2, 0.25) is 0 Å². The predicted molar refractivity (Wildman–Crippen MR) is 70.9 cm³/mol. The van der Waals surface area contributed by atoms with Gasteiger partial charge in [-0.15, -0.1) is 0 Å². The van der Waals surface area contributed by atoms with Gasteiger partial charge in [-0.25, -0.2) is 0 Å². The lowest BCUT2D eigenvalue weighted by Gasteiger charge is -2.08. The minimum atomic E-state index is -0.727. The SMILES string of the molecule is COc1ccc(CCSC(C)CC(=O)O)cc1. The number of benzene rings is 1. The molecule has 94 valence electrons. The minimum absolute atomic E-state index is 0.172. The fraction of sp³-hybridized carbons (Fsp3) is 0.462. The smallest absolute Gasteiger partial charge is 0.304 e. The van der Waals surface area contributed by atoms with Gasteiger partial charge in [0.2, 0.25) is 0 Å². The van der Waals surface area contributed by atoms with Crippen LogP contribution in [0.15, 0.2) is 24.3 Å². The van der Waals surface area contributed by atoms with Crippen molar-refractivity contribution in [3.8, 4) is 5.75 Å². The summed E-state index contributed by atoms with van der Waals surface area (Å²) in [5, 5.41) is 8.80. The van der Waals surface area contributed by atoms with E-state index in [2.05, 4.69) is 0 Å². The number of carboxylic acid groups (broad SMARTS) is 1. The number of carboxylic acids is 1. The molecule has 0 aliphatic heterocycles. The Balaban J connectivity index is 2.28. The van der Waals surface area contributed by atoms with Crippen LogP contribution in [0.3, 0.4) is 0 Å². The Morgan fingerprint density at radius 3 is 2.59 bits per heavy atom. The van der Waals surface area contributed by atoms with Gasteiger partial charge in [-0.3, -0.25) is 4.79 Å². The Bertz CT molecular complexity index is 348. The first-order valence-electron chi connectivity index (χ1n) is 5.58. The van der Waals surface area contributed by atoms with Gasteiger partial charge < -0.3 is 9.84 Å². The van der Waals surface area contributed by atoms with Gasteiger partial charge in [-0.05, 0) is 29.9 Å². The second-order valence-corrected chi connectivity index (χ2v) is 5.42. The molecule has 0 aromatic heterocycles. The molecule has 0 saturated carbocycles. The number of ether oxygens (including phenoxy) is 1. The predicted octanol–water partition coefficient (Wildman–Crippen LogP) is 2.83. The Morgan fingerprint density at radius 1 is 1.41 bits per heavy atom. The van der Waals surface area contributed by atoms with Crippen molar-refractivity contribution < 1.29 is 14.6 Å². The van der Waals surface area contributed by atoms with Gasteiger partial charge in [0, 0.05) is 5.25 Å². The molecule has 17 heavy (non-hydrogen) atoms. The van der Waals surface area contributed by atoms with E-state index in [-0.39, 0.29) is 11.7 Å². The van der Waals surface area contributed by atoms with Gasteiger partial charge in [-0.2, -0.15) is 11.8 Å². The van der Waals surface area contributed by atoms with Crippen LogP contribution in [0.25, 0.3) is 0 Å². The van der Waals surface area contributed by atoms with Crippen molar-refractivity contribution in [2.24, 2.45) is 0 Å². The summed E-state index contributed by atoms with van der Waals surface area (Å²) in [4.78, 5) is 10.5. The maximum absolute atomic E-state index is 10.5. The molecule has 0 radical (unpaired) electrons. The summed E-state index contributed by atoms with van der Waals surface area (Å²) < 4.78 is 5.09. The van der Waals surface area contributed by atoms with E-state index in [4.69, 9.17) is 9.84 Å². The Labute approximate surface area is 106 Å². The number of rotatable bonds is 7. The molecule has 0 aliphatic carbocycles. The number of methoxy groups -OCH3 is 1. The molecule has 1 unspecified atom stereocenters. The molecule has 0 heterocycles. The van der Waals surface area contributed by atoms with Crippen molar-refractivity contribution in [2.75, 3.05) is 12.9 Å². The third-order valence-electron chi connectivity index (χ3n) is 2.41. The first-order chi connectivity index (χ1) is 8.11. The van der Waals surface area contributed by atoms with E-state index < -0.39 is 5.97 Å². The maximum Gasteiger partial charge on any atom is 0.304 e. The lowest BCUT2D eigenvalue weighted by atomic mass is 10.2. The molecule has 0 fully saturated rings. The molecule has 0 saturated heterocycles. The van der Waals surface area contributed by atoms with Crippen LogP contribution in [0.1, 0.15) is 18.9 Å². The summed E-state index contributed by atoms with van der Waals surface area (Å²) in [6.07, 6.45) is 1.19. The molecular formula is C13H18O3S. The first kappa shape index (κ1) is 13.9. The fourth-order valence-electron chi connectivity index (χ4n) is 1.47. The zero-order valence-electron chi connectivity index (χ0n) is 10.2. The molecule has 1 rings (SSSR count). The summed E-state index contributed by atoms with van der Waals surface area (Å²) in [7, 11) is 1.65. The van der Waals surface area contributed by atoms with E-state index in [1.807, 2.05) is 31.2 Å². The first-order valence-corrected chi connectivity index (χ1v) is 6.63. The van der Waals surface area contributed by atoms with Gasteiger partial charge >= 0.3 is 5.97 Å². The van der Waals surface area contributed by atoms with Crippen molar-refractivity contribution in [3.05, 3.63) is 29.8 Å². The topological polar surface area (TPSA) is 46.5 Å². The standard InChI is InChI=1S/C13H18O3S/c1-10(9-13(14)15)17-8-7-11-3-5-12(16-2)6-4-11/h3-6,10H,7-9H2,1-2H3,(H,14,15). The number of aryl methyl sites for hydroxylation is 1.